The molecule has 0 spiro atoms. The average Bonchev–Trinajstić information content (AvgIpc) is 3.36. The normalized spacial score (nSPS) is 26.0. The van der Waals surface area contributed by atoms with Crippen LogP contribution in [0, 0.1) is 0 Å². The van der Waals surface area contributed by atoms with Crippen LogP contribution < -0.4 is 0 Å². The van der Waals surface area contributed by atoms with Crippen LogP contribution in [0.15, 0.2) is 60.8 Å². The second-order valence-electron chi connectivity index (χ2n) is 19.0. The molecule has 14 nitrogen and oxygen atoms in total. The zero-order chi connectivity index (χ0) is 50.9. The Kier molecular flexibility index (Phi) is 39.3. The van der Waals surface area contributed by atoms with Crippen LogP contribution >= 0.6 is 0 Å². The second kappa shape index (κ2) is 43.1. The number of allylic oxidation sites excluding steroid dienone is 10. The van der Waals surface area contributed by atoms with Crippen LogP contribution in [0.1, 0.15) is 187 Å². The van der Waals surface area contributed by atoms with E-state index in [0.29, 0.717) is 13.0 Å². The Morgan fingerprint density at radius 1 is 0.471 bits per heavy atom. The van der Waals surface area contributed by atoms with Gasteiger partial charge in [0.15, 0.2) is 12.6 Å². The number of carbonyl (C=O) groups is 1. The summed E-state index contributed by atoms with van der Waals surface area (Å²) >= 11 is 0. The van der Waals surface area contributed by atoms with E-state index in [9.17, 15) is 40.5 Å². The topological polar surface area (TPSA) is 214 Å². The standard InChI is InChI=1S/C56H98O14/c1-3-5-7-9-11-13-15-17-19-21-22-23-24-26-28-30-32-34-36-38-40-65-42-45(68-48(58)39-37-35-33-31-29-27-25-20-18-16-14-12-10-8-6-4-2)43-66-55-54(64)52(62)50(60)47(70-55)44-67-56-53(63)51(61)49(59)46(41-57)69-56/h11,13-14,16-17,19-20,22-23,25,45-47,49-57,59-64H,3-10,12,15,18,21,24,26-44H2,1-2H3/b13-11-,16-14-,19-17-,23-22-,25-20-. The third-order valence-corrected chi connectivity index (χ3v) is 12.7. The summed E-state index contributed by atoms with van der Waals surface area (Å²) in [6.07, 6.45) is 35.6. The molecule has 0 aromatic carbocycles. The highest BCUT2D eigenvalue weighted by Crippen LogP contribution is 2.26. The van der Waals surface area contributed by atoms with Crippen molar-refractivity contribution in [3.05, 3.63) is 60.8 Å². The summed E-state index contributed by atoms with van der Waals surface area (Å²) in [5.74, 6) is -0.395. The number of aliphatic hydroxyl groups is 7. The minimum Gasteiger partial charge on any atom is -0.457 e. The molecule has 0 saturated carbocycles. The minimum atomic E-state index is -1.71. The third-order valence-electron chi connectivity index (χ3n) is 12.7. The predicted molar refractivity (Wildman–Crippen MR) is 275 cm³/mol. The number of hydrogen-bond donors (Lipinski definition) is 7. The van der Waals surface area contributed by atoms with Gasteiger partial charge in [0.25, 0.3) is 0 Å². The molecule has 2 rings (SSSR count). The van der Waals surface area contributed by atoms with Gasteiger partial charge in [0.2, 0.25) is 0 Å². The molecule has 11 unspecified atom stereocenters. The average molecular weight is 995 g/mol. The summed E-state index contributed by atoms with van der Waals surface area (Å²) < 4.78 is 34.3. The molecular formula is C56H98O14. The van der Waals surface area contributed by atoms with Gasteiger partial charge >= 0.3 is 5.97 Å². The maximum Gasteiger partial charge on any atom is 0.306 e. The molecule has 0 radical (unpaired) electrons. The van der Waals surface area contributed by atoms with Crippen LogP contribution in [0.2, 0.25) is 0 Å². The highest BCUT2D eigenvalue weighted by atomic mass is 16.7. The van der Waals surface area contributed by atoms with E-state index in [1.54, 1.807) is 0 Å². The summed E-state index contributed by atoms with van der Waals surface area (Å²) in [6.45, 7) is 3.60. The van der Waals surface area contributed by atoms with E-state index in [4.69, 9.17) is 28.4 Å². The van der Waals surface area contributed by atoms with Crippen LogP contribution in [-0.2, 0) is 33.2 Å². The van der Waals surface area contributed by atoms with Crippen molar-refractivity contribution in [3.63, 3.8) is 0 Å². The largest absolute Gasteiger partial charge is 0.457 e. The lowest BCUT2D eigenvalue weighted by Gasteiger charge is -2.42. The van der Waals surface area contributed by atoms with Gasteiger partial charge in [-0.1, -0.05) is 158 Å². The molecule has 14 heteroatoms. The van der Waals surface area contributed by atoms with Crippen molar-refractivity contribution in [2.24, 2.45) is 0 Å². The molecule has 0 amide bonds. The van der Waals surface area contributed by atoms with Crippen molar-refractivity contribution in [3.8, 4) is 0 Å². The van der Waals surface area contributed by atoms with Crippen LogP contribution in [-0.4, -0.2) is 142 Å². The highest BCUT2D eigenvalue weighted by molar-refractivity contribution is 5.69. The van der Waals surface area contributed by atoms with Crippen molar-refractivity contribution in [2.75, 3.05) is 33.0 Å². The monoisotopic (exact) mass is 995 g/mol. The van der Waals surface area contributed by atoms with Crippen LogP contribution in [0.4, 0.5) is 0 Å². The Morgan fingerprint density at radius 2 is 0.886 bits per heavy atom. The fourth-order valence-corrected chi connectivity index (χ4v) is 8.26. The quantitative estimate of drug-likeness (QED) is 0.0173. The van der Waals surface area contributed by atoms with Gasteiger partial charge in [-0.3, -0.25) is 4.79 Å². The van der Waals surface area contributed by atoms with Crippen LogP contribution in [0.3, 0.4) is 0 Å². The zero-order valence-corrected chi connectivity index (χ0v) is 43.2. The molecule has 0 aromatic heterocycles. The SMILES string of the molecule is CCCCC/C=C\C/C=C\C/C=C\CCCCCCCCCOCC(COC1OC(COC2OC(CO)C(O)C(O)C2O)C(O)C(O)C1O)OC(=O)CCCCCCC/C=C\C/C=C\CCCCCC. The molecule has 2 aliphatic rings. The van der Waals surface area contributed by atoms with Crippen molar-refractivity contribution < 1.29 is 69.0 Å². The zero-order valence-electron chi connectivity index (χ0n) is 43.2. The van der Waals surface area contributed by atoms with Gasteiger partial charge in [-0.05, 0) is 83.5 Å². The van der Waals surface area contributed by atoms with E-state index >= 15 is 0 Å². The molecular weight excluding hydrogens is 897 g/mol. The van der Waals surface area contributed by atoms with E-state index in [0.717, 1.165) is 83.5 Å². The van der Waals surface area contributed by atoms with Crippen molar-refractivity contribution >= 4 is 5.97 Å². The lowest BCUT2D eigenvalue weighted by atomic mass is 9.98. The molecule has 406 valence electrons. The fourth-order valence-electron chi connectivity index (χ4n) is 8.26. The Hall–Kier alpha value is -2.31. The molecule has 0 bridgehead atoms. The van der Waals surface area contributed by atoms with E-state index in [1.165, 1.54) is 77.0 Å². The molecule has 0 aliphatic carbocycles. The Bertz CT molecular complexity index is 1390. The number of unbranched alkanes of at least 4 members (excludes halogenated alkanes) is 19. The first kappa shape index (κ1) is 63.8. The van der Waals surface area contributed by atoms with Gasteiger partial charge in [0, 0.05) is 13.0 Å². The minimum absolute atomic E-state index is 0.0468. The number of carbonyl (C=O) groups excluding carboxylic acids is 1. The third kappa shape index (κ3) is 30.0. The fraction of sp³-hybridized carbons (Fsp3) is 0.804. The van der Waals surface area contributed by atoms with Crippen LogP contribution in [0.25, 0.3) is 0 Å². The summed E-state index contributed by atoms with van der Waals surface area (Å²) in [6, 6.07) is 0. The Labute approximate surface area is 422 Å². The Morgan fingerprint density at radius 3 is 1.41 bits per heavy atom. The summed E-state index contributed by atoms with van der Waals surface area (Å²) in [5.41, 5.74) is 0. The molecule has 2 fully saturated rings. The molecule has 2 saturated heterocycles. The molecule has 2 aliphatic heterocycles. The van der Waals surface area contributed by atoms with Gasteiger partial charge in [0.05, 0.1) is 26.4 Å². The molecule has 11 atom stereocenters. The van der Waals surface area contributed by atoms with E-state index in [-0.39, 0.29) is 19.6 Å². The van der Waals surface area contributed by atoms with Gasteiger partial charge in [-0.25, -0.2) is 0 Å². The van der Waals surface area contributed by atoms with Crippen molar-refractivity contribution in [1.29, 1.82) is 0 Å². The molecule has 2 heterocycles. The first-order chi connectivity index (χ1) is 34.1. The molecule has 70 heavy (non-hydrogen) atoms. The highest BCUT2D eigenvalue weighted by Gasteiger charge is 2.47. The number of aliphatic hydroxyl groups excluding tert-OH is 7. The van der Waals surface area contributed by atoms with Gasteiger partial charge in [0.1, 0.15) is 54.9 Å². The number of rotatable bonds is 43. The lowest BCUT2D eigenvalue weighted by Crippen LogP contribution is -2.61. The van der Waals surface area contributed by atoms with E-state index < -0.39 is 86.7 Å². The first-order valence-electron chi connectivity index (χ1n) is 27.4. The maximum atomic E-state index is 13.0. The summed E-state index contributed by atoms with van der Waals surface area (Å²) in [7, 11) is 0. The van der Waals surface area contributed by atoms with Gasteiger partial charge in [-0.15, -0.1) is 0 Å². The van der Waals surface area contributed by atoms with E-state index in [1.807, 2.05) is 0 Å². The first-order valence-corrected chi connectivity index (χ1v) is 27.4. The Balaban J connectivity index is 1.76. The number of hydrogen-bond acceptors (Lipinski definition) is 14. The lowest BCUT2D eigenvalue weighted by molar-refractivity contribution is -0.332. The second-order valence-corrected chi connectivity index (χ2v) is 19.0. The van der Waals surface area contributed by atoms with Gasteiger partial charge < -0.3 is 64.2 Å². The summed E-state index contributed by atoms with van der Waals surface area (Å²) in [4.78, 5) is 13.0. The number of ether oxygens (including phenoxy) is 6. The van der Waals surface area contributed by atoms with Crippen molar-refractivity contribution in [2.45, 2.75) is 255 Å². The van der Waals surface area contributed by atoms with Gasteiger partial charge in [-0.2, -0.15) is 0 Å². The molecule has 7 N–H and O–H groups in total. The molecule has 0 aromatic rings. The number of esters is 1. The predicted octanol–water partition coefficient (Wildman–Crippen LogP) is 8.91. The van der Waals surface area contributed by atoms with E-state index in [2.05, 4.69) is 74.6 Å². The van der Waals surface area contributed by atoms with Crippen LogP contribution in [0.5, 0.6) is 0 Å². The summed E-state index contributed by atoms with van der Waals surface area (Å²) in [5, 5.41) is 72.2. The maximum absolute atomic E-state index is 13.0. The van der Waals surface area contributed by atoms with Crippen molar-refractivity contribution in [1.82, 2.24) is 0 Å². The smallest absolute Gasteiger partial charge is 0.306 e.